The van der Waals surface area contributed by atoms with E-state index in [4.69, 9.17) is 0 Å². The maximum Gasteiger partial charge on any atom is 0.0564 e. The topological polar surface area (TPSA) is 22.6 Å². The van der Waals surface area contributed by atoms with Crippen LogP contribution in [0.2, 0.25) is 0 Å². The van der Waals surface area contributed by atoms with Gasteiger partial charge in [-0.05, 0) is 48.4 Å². The van der Waals surface area contributed by atoms with Gasteiger partial charge in [0.1, 0.15) is 0 Å². The maximum absolute atomic E-state index is 4.27. The van der Waals surface area contributed by atoms with Crippen LogP contribution < -0.4 is 4.90 Å². The number of piperazine rings is 1. The minimum atomic E-state index is 0.762. The van der Waals surface area contributed by atoms with Gasteiger partial charge in [0.25, 0.3) is 0 Å². The predicted molar refractivity (Wildman–Crippen MR) is 90.9 cm³/mol. The summed E-state index contributed by atoms with van der Waals surface area (Å²) in [6, 6.07) is 2.93. The van der Waals surface area contributed by atoms with E-state index in [9.17, 15) is 0 Å². The average Bonchev–Trinajstić information content (AvgIpc) is 2.50. The molecule has 1 atom stereocenters. The first-order chi connectivity index (χ1) is 10.2. The first-order valence-corrected chi connectivity index (χ1v) is 8.80. The van der Waals surface area contributed by atoms with Crippen molar-refractivity contribution in [2.24, 2.45) is 0 Å². The molecule has 0 N–H and O–H groups in total. The molecule has 1 aromatic heterocycles. The largest absolute Gasteiger partial charge is 0.368 e. The number of piperidine rings is 1. The van der Waals surface area contributed by atoms with Gasteiger partial charge in [0.2, 0.25) is 0 Å². The monoisotopic (exact) mass is 352 g/mol. The molecule has 0 amide bonds. The van der Waals surface area contributed by atoms with Crippen LogP contribution in [0.15, 0.2) is 22.9 Å². The van der Waals surface area contributed by atoms with E-state index in [1.807, 2.05) is 12.4 Å². The summed E-state index contributed by atoms with van der Waals surface area (Å²) in [6.45, 7) is 7.05. The zero-order chi connectivity index (χ0) is 14.7. The summed E-state index contributed by atoms with van der Waals surface area (Å²) >= 11 is 3.51. The van der Waals surface area contributed by atoms with Crippen molar-refractivity contribution >= 4 is 21.6 Å². The van der Waals surface area contributed by atoms with E-state index in [0.29, 0.717) is 0 Å². The van der Waals surface area contributed by atoms with Gasteiger partial charge < -0.3 is 9.80 Å². The Hall–Kier alpha value is -0.650. The molecule has 3 heterocycles. The molecule has 2 saturated heterocycles. The van der Waals surface area contributed by atoms with Crippen LogP contribution in [0, 0.1) is 0 Å². The van der Waals surface area contributed by atoms with Crippen molar-refractivity contribution in [2.45, 2.75) is 25.3 Å². The van der Waals surface area contributed by atoms with Crippen molar-refractivity contribution in [1.29, 1.82) is 0 Å². The van der Waals surface area contributed by atoms with E-state index in [-0.39, 0.29) is 0 Å². The van der Waals surface area contributed by atoms with Gasteiger partial charge in [-0.1, -0.05) is 6.42 Å². The molecule has 3 rings (SSSR count). The molecule has 0 radical (unpaired) electrons. The Bertz CT molecular complexity index is 459. The molecule has 2 aliphatic rings. The Morgan fingerprint density at radius 1 is 1.14 bits per heavy atom. The lowest BCUT2D eigenvalue weighted by Gasteiger charge is -2.40. The van der Waals surface area contributed by atoms with Gasteiger partial charge in [-0.3, -0.25) is 9.88 Å². The molecule has 5 heteroatoms. The van der Waals surface area contributed by atoms with E-state index in [2.05, 4.69) is 48.7 Å². The second kappa shape index (κ2) is 7.07. The summed E-state index contributed by atoms with van der Waals surface area (Å²) in [5.74, 6) is 0. The normalized spacial score (nSPS) is 25.2. The third kappa shape index (κ3) is 3.96. The van der Waals surface area contributed by atoms with Crippen LogP contribution in [0.3, 0.4) is 0 Å². The molecule has 0 saturated carbocycles. The number of pyridine rings is 1. The van der Waals surface area contributed by atoms with Gasteiger partial charge in [-0.15, -0.1) is 0 Å². The Morgan fingerprint density at radius 2 is 1.95 bits per heavy atom. The lowest BCUT2D eigenvalue weighted by atomic mass is 10.0. The van der Waals surface area contributed by atoms with Crippen molar-refractivity contribution in [2.75, 3.05) is 51.2 Å². The van der Waals surface area contributed by atoms with Gasteiger partial charge in [0, 0.05) is 49.4 Å². The number of anilines is 1. The summed E-state index contributed by atoms with van der Waals surface area (Å²) in [4.78, 5) is 11.9. The Balaban J connectivity index is 1.51. The molecule has 0 spiro atoms. The summed E-state index contributed by atoms with van der Waals surface area (Å²) in [5, 5.41) is 0. The van der Waals surface area contributed by atoms with E-state index in [1.54, 1.807) is 0 Å². The molecule has 21 heavy (non-hydrogen) atoms. The minimum Gasteiger partial charge on any atom is -0.368 e. The molecule has 0 aromatic carbocycles. The van der Waals surface area contributed by atoms with Crippen molar-refractivity contribution in [1.82, 2.24) is 14.8 Å². The van der Waals surface area contributed by atoms with Gasteiger partial charge in [0.15, 0.2) is 0 Å². The quantitative estimate of drug-likeness (QED) is 0.833. The molecule has 2 fully saturated rings. The Labute approximate surface area is 136 Å². The second-order valence-electron chi connectivity index (χ2n) is 6.28. The SMILES string of the molecule is CN1CCCCC1CN1CCN(c2cncc(Br)c2)CC1. The average molecular weight is 353 g/mol. The number of halogens is 1. The third-order valence-electron chi connectivity index (χ3n) is 4.82. The highest BCUT2D eigenvalue weighted by atomic mass is 79.9. The molecule has 0 aliphatic carbocycles. The smallest absolute Gasteiger partial charge is 0.0564 e. The number of likely N-dealkylation sites (N-methyl/N-ethyl adjacent to an activating group) is 1. The molecule has 1 aromatic rings. The van der Waals surface area contributed by atoms with Gasteiger partial charge in [0.05, 0.1) is 11.9 Å². The molecule has 1 unspecified atom stereocenters. The Kier molecular flexibility index (Phi) is 5.14. The summed E-state index contributed by atoms with van der Waals surface area (Å²) in [7, 11) is 2.28. The van der Waals surface area contributed by atoms with E-state index in [1.165, 1.54) is 38.0 Å². The third-order valence-corrected chi connectivity index (χ3v) is 5.25. The number of hydrogen-bond donors (Lipinski definition) is 0. The van der Waals surface area contributed by atoms with Gasteiger partial charge in [-0.2, -0.15) is 0 Å². The maximum atomic E-state index is 4.27. The fourth-order valence-corrected chi connectivity index (χ4v) is 3.79. The number of hydrogen-bond acceptors (Lipinski definition) is 4. The van der Waals surface area contributed by atoms with Gasteiger partial charge >= 0.3 is 0 Å². The number of aromatic nitrogens is 1. The molecule has 4 nitrogen and oxygen atoms in total. The molecule has 116 valence electrons. The minimum absolute atomic E-state index is 0.762. The summed E-state index contributed by atoms with van der Waals surface area (Å²) in [6.07, 6.45) is 7.95. The highest BCUT2D eigenvalue weighted by Crippen LogP contribution is 2.21. The summed E-state index contributed by atoms with van der Waals surface area (Å²) in [5.41, 5.74) is 1.24. The fraction of sp³-hybridized carbons (Fsp3) is 0.688. The first-order valence-electron chi connectivity index (χ1n) is 8.00. The van der Waals surface area contributed by atoms with Gasteiger partial charge in [-0.25, -0.2) is 0 Å². The lowest BCUT2D eigenvalue weighted by Crippen LogP contribution is -2.51. The first kappa shape index (κ1) is 15.3. The van der Waals surface area contributed by atoms with Crippen molar-refractivity contribution in [3.05, 3.63) is 22.9 Å². The zero-order valence-electron chi connectivity index (χ0n) is 12.8. The predicted octanol–water partition coefficient (Wildman–Crippen LogP) is 2.45. The van der Waals surface area contributed by atoms with Crippen LogP contribution in [-0.2, 0) is 0 Å². The van der Waals surface area contributed by atoms with Crippen LogP contribution in [0.4, 0.5) is 5.69 Å². The van der Waals surface area contributed by atoms with Crippen molar-refractivity contribution < 1.29 is 0 Å². The van der Waals surface area contributed by atoms with Crippen molar-refractivity contribution in [3.63, 3.8) is 0 Å². The Morgan fingerprint density at radius 3 is 2.67 bits per heavy atom. The fourth-order valence-electron chi connectivity index (χ4n) is 3.44. The standard InChI is InChI=1S/C16H25BrN4/c1-19-5-3-2-4-15(19)13-20-6-8-21(9-7-20)16-10-14(17)11-18-12-16/h10-12,15H,2-9,13H2,1H3. The van der Waals surface area contributed by atoms with Crippen LogP contribution >= 0.6 is 15.9 Å². The molecular formula is C16H25BrN4. The number of rotatable bonds is 3. The van der Waals surface area contributed by atoms with Crippen LogP contribution in [0.5, 0.6) is 0 Å². The van der Waals surface area contributed by atoms with Crippen molar-refractivity contribution in [3.8, 4) is 0 Å². The molecular weight excluding hydrogens is 328 g/mol. The van der Waals surface area contributed by atoms with E-state index < -0.39 is 0 Å². The number of likely N-dealkylation sites (tertiary alicyclic amines) is 1. The summed E-state index contributed by atoms with van der Waals surface area (Å²) < 4.78 is 1.06. The van der Waals surface area contributed by atoms with Crippen LogP contribution in [0.1, 0.15) is 19.3 Å². The van der Waals surface area contributed by atoms with Crippen LogP contribution in [-0.4, -0.2) is 67.1 Å². The lowest BCUT2D eigenvalue weighted by molar-refractivity contribution is 0.125. The second-order valence-corrected chi connectivity index (χ2v) is 7.19. The van der Waals surface area contributed by atoms with Crippen LogP contribution in [0.25, 0.3) is 0 Å². The number of nitrogens with zero attached hydrogens (tertiary/aromatic N) is 4. The van der Waals surface area contributed by atoms with E-state index >= 15 is 0 Å². The highest BCUT2D eigenvalue weighted by Gasteiger charge is 2.24. The molecule has 2 aliphatic heterocycles. The molecule has 0 bridgehead atoms. The highest BCUT2D eigenvalue weighted by molar-refractivity contribution is 9.10. The zero-order valence-corrected chi connectivity index (χ0v) is 14.4. The van der Waals surface area contributed by atoms with E-state index in [0.717, 1.165) is 36.7 Å².